The Balaban J connectivity index is 1.98. The van der Waals surface area contributed by atoms with Crippen molar-refractivity contribution in [2.24, 2.45) is 0 Å². The molecule has 0 radical (unpaired) electrons. The Morgan fingerprint density at radius 1 is 1.04 bits per heavy atom. The highest BCUT2D eigenvalue weighted by atomic mass is 16.6. The van der Waals surface area contributed by atoms with Gasteiger partial charge in [0.2, 0.25) is 0 Å². The van der Waals surface area contributed by atoms with Gasteiger partial charge in [-0.3, -0.25) is 0 Å². The Labute approximate surface area is 147 Å². The van der Waals surface area contributed by atoms with Gasteiger partial charge in [0.05, 0.1) is 0 Å². The van der Waals surface area contributed by atoms with Crippen LogP contribution in [0.25, 0.3) is 0 Å². The minimum atomic E-state index is -0.539. The van der Waals surface area contributed by atoms with Crippen molar-refractivity contribution in [1.29, 1.82) is 0 Å². The minimum absolute atomic E-state index is 0.147. The normalized spacial score (nSPS) is 11.0. The number of ether oxygens (including phenoxy) is 1. The van der Waals surface area contributed by atoms with Crippen LogP contribution in [-0.2, 0) is 17.8 Å². The number of alkyl carbamates (subject to hydrolysis) is 1. The lowest BCUT2D eigenvalue weighted by Gasteiger charge is -2.20. The third-order valence-corrected chi connectivity index (χ3v) is 3.36. The summed E-state index contributed by atoms with van der Waals surface area (Å²) in [6.45, 7) is 6.25. The van der Waals surface area contributed by atoms with Crippen molar-refractivity contribution in [2.45, 2.75) is 39.5 Å². The summed E-state index contributed by atoms with van der Waals surface area (Å²) in [4.78, 5) is 11.8. The van der Waals surface area contributed by atoms with E-state index >= 15 is 0 Å². The van der Waals surface area contributed by atoms with Crippen LogP contribution in [0.2, 0.25) is 0 Å². The molecule has 6 heteroatoms. The van der Waals surface area contributed by atoms with E-state index in [9.17, 15) is 15.0 Å². The molecule has 2 aromatic carbocycles. The van der Waals surface area contributed by atoms with E-state index in [1.165, 1.54) is 12.1 Å². The van der Waals surface area contributed by atoms with Gasteiger partial charge in [-0.2, -0.15) is 0 Å². The first kappa shape index (κ1) is 18.4. The molecule has 4 N–H and O–H groups in total. The van der Waals surface area contributed by atoms with Crippen LogP contribution in [0.4, 0.5) is 10.5 Å². The number of carbonyl (C=O) groups is 1. The lowest BCUT2D eigenvalue weighted by Crippen LogP contribution is -2.32. The summed E-state index contributed by atoms with van der Waals surface area (Å²) in [6.07, 6.45) is -0.467. The zero-order valence-electron chi connectivity index (χ0n) is 14.7. The maximum absolute atomic E-state index is 11.8. The number of nitrogens with one attached hydrogen (secondary N) is 2. The van der Waals surface area contributed by atoms with E-state index in [4.69, 9.17) is 4.74 Å². The number of benzene rings is 2. The Hall–Kier alpha value is -2.89. The van der Waals surface area contributed by atoms with Crippen LogP contribution in [0.1, 0.15) is 31.9 Å². The topological polar surface area (TPSA) is 90.8 Å². The fourth-order valence-electron chi connectivity index (χ4n) is 2.20. The van der Waals surface area contributed by atoms with E-state index in [-0.39, 0.29) is 11.5 Å². The summed E-state index contributed by atoms with van der Waals surface area (Å²) < 4.78 is 5.23. The molecule has 0 heterocycles. The van der Waals surface area contributed by atoms with Crippen molar-refractivity contribution in [1.82, 2.24) is 5.32 Å². The van der Waals surface area contributed by atoms with Crippen molar-refractivity contribution in [2.75, 3.05) is 5.32 Å². The van der Waals surface area contributed by atoms with E-state index in [1.807, 2.05) is 45.0 Å². The molecule has 0 aliphatic carbocycles. The van der Waals surface area contributed by atoms with Crippen LogP contribution >= 0.6 is 0 Å². The molecule has 0 atom stereocenters. The first-order valence-electron chi connectivity index (χ1n) is 8.04. The van der Waals surface area contributed by atoms with Crippen molar-refractivity contribution in [3.8, 4) is 11.5 Å². The van der Waals surface area contributed by atoms with Gasteiger partial charge in [0, 0.05) is 18.8 Å². The summed E-state index contributed by atoms with van der Waals surface area (Å²) >= 11 is 0. The number of phenols is 2. The molecule has 6 nitrogen and oxygen atoms in total. The van der Waals surface area contributed by atoms with Gasteiger partial charge < -0.3 is 25.6 Å². The standard InChI is InChI=1S/C19H24N2O4/c1-19(2,3)25-18(24)21-12-14-6-4-5-7-15(14)20-11-13-8-9-16(22)17(23)10-13/h4-10,20,22-23H,11-12H2,1-3H3,(H,21,24). The monoisotopic (exact) mass is 344 g/mol. The second kappa shape index (κ2) is 7.79. The highest BCUT2D eigenvalue weighted by molar-refractivity contribution is 5.68. The van der Waals surface area contributed by atoms with Crippen LogP contribution in [0.5, 0.6) is 11.5 Å². The Bertz CT molecular complexity index is 738. The highest BCUT2D eigenvalue weighted by Crippen LogP contribution is 2.25. The predicted molar refractivity (Wildman–Crippen MR) is 96.6 cm³/mol. The number of carbonyl (C=O) groups excluding carboxylic acids is 1. The van der Waals surface area contributed by atoms with E-state index < -0.39 is 11.7 Å². The van der Waals surface area contributed by atoms with E-state index in [1.54, 1.807) is 6.07 Å². The van der Waals surface area contributed by atoms with E-state index in [0.717, 1.165) is 16.8 Å². The molecule has 0 aromatic heterocycles. The molecule has 0 saturated carbocycles. The van der Waals surface area contributed by atoms with Crippen molar-refractivity contribution in [3.63, 3.8) is 0 Å². The zero-order chi connectivity index (χ0) is 18.4. The van der Waals surface area contributed by atoms with Gasteiger partial charge in [-0.15, -0.1) is 0 Å². The molecule has 1 amide bonds. The number of rotatable bonds is 5. The number of phenolic OH excluding ortho intramolecular Hbond substituents is 2. The average molecular weight is 344 g/mol. The fourth-order valence-corrected chi connectivity index (χ4v) is 2.20. The fraction of sp³-hybridized carbons (Fsp3) is 0.316. The lowest BCUT2D eigenvalue weighted by molar-refractivity contribution is 0.0523. The van der Waals surface area contributed by atoms with E-state index in [0.29, 0.717) is 13.1 Å². The molecule has 0 bridgehead atoms. The highest BCUT2D eigenvalue weighted by Gasteiger charge is 2.16. The van der Waals surface area contributed by atoms with Crippen molar-refractivity contribution < 1.29 is 19.7 Å². The summed E-state index contributed by atoms with van der Waals surface area (Å²) in [6, 6.07) is 12.3. The van der Waals surface area contributed by atoms with Crippen LogP contribution in [0.15, 0.2) is 42.5 Å². The van der Waals surface area contributed by atoms with Gasteiger partial charge in [0.25, 0.3) is 0 Å². The maximum atomic E-state index is 11.8. The Kier molecular flexibility index (Phi) is 5.75. The predicted octanol–water partition coefficient (Wildman–Crippen LogP) is 3.73. The van der Waals surface area contributed by atoms with Crippen LogP contribution < -0.4 is 10.6 Å². The molecular weight excluding hydrogens is 320 g/mol. The van der Waals surface area contributed by atoms with Crippen LogP contribution in [0.3, 0.4) is 0 Å². The summed E-state index contributed by atoms with van der Waals surface area (Å²) in [5, 5.41) is 24.9. The summed E-state index contributed by atoms with van der Waals surface area (Å²) in [5.74, 6) is -0.301. The molecule has 0 fully saturated rings. The largest absolute Gasteiger partial charge is 0.504 e. The Morgan fingerprint density at radius 3 is 2.44 bits per heavy atom. The summed E-state index contributed by atoms with van der Waals surface area (Å²) in [5.41, 5.74) is 2.07. The lowest BCUT2D eigenvalue weighted by atomic mass is 10.1. The maximum Gasteiger partial charge on any atom is 0.407 e. The molecule has 2 aromatic rings. The van der Waals surface area contributed by atoms with Gasteiger partial charge >= 0.3 is 6.09 Å². The Morgan fingerprint density at radius 2 is 1.76 bits per heavy atom. The number of anilines is 1. The third kappa shape index (κ3) is 5.91. The molecule has 25 heavy (non-hydrogen) atoms. The SMILES string of the molecule is CC(C)(C)OC(=O)NCc1ccccc1NCc1ccc(O)c(O)c1. The molecule has 0 spiro atoms. The van der Waals surface area contributed by atoms with Crippen LogP contribution in [0, 0.1) is 0 Å². The van der Waals surface area contributed by atoms with Crippen molar-refractivity contribution in [3.05, 3.63) is 53.6 Å². The first-order chi connectivity index (χ1) is 11.7. The van der Waals surface area contributed by atoms with Crippen LogP contribution in [-0.4, -0.2) is 21.9 Å². The molecular formula is C19H24N2O4. The number of hydrogen-bond donors (Lipinski definition) is 4. The average Bonchev–Trinajstić information content (AvgIpc) is 2.53. The first-order valence-corrected chi connectivity index (χ1v) is 8.04. The van der Waals surface area contributed by atoms with Gasteiger partial charge in [0.1, 0.15) is 5.60 Å². The quantitative estimate of drug-likeness (QED) is 0.620. The van der Waals surface area contributed by atoms with Gasteiger partial charge in [-0.1, -0.05) is 24.3 Å². The third-order valence-electron chi connectivity index (χ3n) is 3.36. The number of hydrogen-bond acceptors (Lipinski definition) is 5. The minimum Gasteiger partial charge on any atom is -0.504 e. The number of amides is 1. The van der Waals surface area contributed by atoms with Gasteiger partial charge in [0.15, 0.2) is 11.5 Å². The smallest absolute Gasteiger partial charge is 0.407 e. The second-order valence-corrected chi connectivity index (χ2v) is 6.69. The zero-order valence-corrected chi connectivity index (χ0v) is 14.7. The molecule has 0 aliphatic rings. The van der Waals surface area contributed by atoms with Gasteiger partial charge in [-0.25, -0.2) is 4.79 Å². The number of aromatic hydroxyl groups is 2. The number of para-hydroxylation sites is 1. The second-order valence-electron chi connectivity index (χ2n) is 6.69. The van der Waals surface area contributed by atoms with Crippen molar-refractivity contribution >= 4 is 11.8 Å². The molecule has 0 unspecified atom stereocenters. The molecule has 0 saturated heterocycles. The molecule has 134 valence electrons. The summed E-state index contributed by atoms with van der Waals surface area (Å²) in [7, 11) is 0. The van der Waals surface area contributed by atoms with E-state index in [2.05, 4.69) is 10.6 Å². The molecule has 2 rings (SSSR count). The van der Waals surface area contributed by atoms with Gasteiger partial charge in [-0.05, 0) is 50.1 Å². The molecule has 0 aliphatic heterocycles.